The summed E-state index contributed by atoms with van der Waals surface area (Å²) in [4.78, 5) is 0. The van der Waals surface area contributed by atoms with Crippen molar-refractivity contribution in [3.63, 3.8) is 0 Å². The topological polar surface area (TPSA) is 76.9 Å². The smallest absolute Gasteiger partial charge is 0.314 e. The van der Waals surface area contributed by atoms with Gasteiger partial charge in [0.25, 0.3) is 0 Å². The molecular formula is C9H13F3N4O2S. The Balaban J connectivity index is 2.11. The highest BCUT2D eigenvalue weighted by Crippen LogP contribution is 2.34. The van der Waals surface area contributed by atoms with Gasteiger partial charge in [0, 0.05) is 13.0 Å². The van der Waals surface area contributed by atoms with Crippen molar-refractivity contribution in [2.24, 2.45) is 5.92 Å². The molecule has 1 atom stereocenters. The molecule has 108 valence electrons. The zero-order chi connectivity index (χ0) is 14.3. The van der Waals surface area contributed by atoms with Gasteiger partial charge in [-0.25, -0.2) is 13.1 Å². The minimum absolute atomic E-state index is 0.0413. The second-order valence-electron chi connectivity index (χ2n) is 4.51. The first kappa shape index (κ1) is 14.3. The van der Waals surface area contributed by atoms with Gasteiger partial charge in [-0.2, -0.15) is 13.2 Å². The summed E-state index contributed by atoms with van der Waals surface area (Å²) in [5.41, 5.74) is 0. The van der Waals surface area contributed by atoms with E-state index in [1.165, 1.54) is 0 Å². The molecule has 0 radical (unpaired) electrons. The summed E-state index contributed by atoms with van der Waals surface area (Å²) < 4.78 is 63.5. The van der Waals surface area contributed by atoms with Crippen molar-refractivity contribution in [3.8, 4) is 0 Å². The Morgan fingerprint density at radius 1 is 1.42 bits per heavy atom. The van der Waals surface area contributed by atoms with Gasteiger partial charge in [0.2, 0.25) is 10.0 Å². The molecule has 0 aliphatic carbocycles. The molecule has 0 saturated heterocycles. The molecule has 1 aliphatic heterocycles. The molecule has 6 nitrogen and oxygen atoms in total. The van der Waals surface area contributed by atoms with Crippen LogP contribution in [0.3, 0.4) is 0 Å². The average Bonchev–Trinajstić information content (AvgIpc) is 2.66. The maximum atomic E-state index is 12.6. The summed E-state index contributed by atoms with van der Waals surface area (Å²) in [6.45, 7) is 0.0792. The first-order valence-electron chi connectivity index (χ1n) is 5.59. The van der Waals surface area contributed by atoms with Crippen molar-refractivity contribution >= 4 is 10.0 Å². The summed E-state index contributed by atoms with van der Waals surface area (Å²) in [5, 5.41) is 7.44. The summed E-state index contributed by atoms with van der Waals surface area (Å²) >= 11 is 0. The third-order valence-corrected chi connectivity index (χ3v) is 3.66. The molecule has 0 saturated carbocycles. The van der Waals surface area contributed by atoms with E-state index in [4.69, 9.17) is 0 Å². The molecule has 0 aromatic carbocycles. The Hall–Kier alpha value is -1.16. The van der Waals surface area contributed by atoms with E-state index in [9.17, 15) is 21.6 Å². The maximum absolute atomic E-state index is 12.6. The number of fused-ring (bicyclic) bond motifs is 1. The molecule has 1 N–H and O–H groups in total. The molecule has 0 bridgehead atoms. The van der Waals surface area contributed by atoms with E-state index >= 15 is 0 Å². The van der Waals surface area contributed by atoms with Crippen molar-refractivity contribution < 1.29 is 21.6 Å². The number of rotatable bonds is 3. The fourth-order valence-corrected chi connectivity index (χ4v) is 2.39. The number of aromatic nitrogens is 3. The molecule has 1 aliphatic rings. The van der Waals surface area contributed by atoms with Crippen LogP contribution in [0.25, 0.3) is 0 Å². The van der Waals surface area contributed by atoms with Crippen molar-refractivity contribution in [2.75, 3.05) is 6.26 Å². The highest BCUT2D eigenvalue weighted by atomic mass is 32.2. The fraction of sp³-hybridized carbons (Fsp3) is 0.778. The normalized spacial score (nSPS) is 20.3. The van der Waals surface area contributed by atoms with Crippen LogP contribution in [0, 0.1) is 5.92 Å². The number of alkyl halides is 3. The van der Waals surface area contributed by atoms with E-state index in [2.05, 4.69) is 14.9 Å². The maximum Gasteiger partial charge on any atom is 0.392 e. The van der Waals surface area contributed by atoms with E-state index in [-0.39, 0.29) is 31.8 Å². The lowest BCUT2D eigenvalue weighted by atomic mass is 9.97. The van der Waals surface area contributed by atoms with E-state index in [1.54, 1.807) is 4.57 Å². The van der Waals surface area contributed by atoms with Crippen LogP contribution in [-0.4, -0.2) is 35.6 Å². The molecular weight excluding hydrogens is 285 g/mol. The molecule has 19 heavy (non-hydrogen) atoms. The zero-order valence-corrected chi connectivity index (χ0v) is 10.9. The van der Waals surface area contributed by atoms with Gasteiger partial charge in [0.05, 0.1) is 18.7 Å². The molecule has 1 aromatic rings. The summed E-state index contributed by atoms with van der Waals surface area (Å²) in [6, 6.07) is 0. The number of sulfonamides is 1. The van der Waals surface area contributed by atoms with Gasteiger partial charge in [-0.15, -0.1) is 10.2 Å². The highest BCUT2D eigenvalue weighted by Gasteiger charge is 2.42. The van der Waals surface area contributed by atoms with Gasteiger partial charge >= 0.3 is 6.18 Å². The van der Waals surface area contributed by atoms with Gasteiger partial charge < -0.3 is 4.57 Å². The largest absolute Gasteiger partial charge is 0.392 e. The first-order valence-corrected chi connectivity index (χ1v) is 7.48. The lowest BCUT2D eigenvalue weighted by molar-refractivity contribution is -0.179. The molecule has 2 rings (SSSR count). The molecule has 0 fully saturated rings. The lowest BCUT2D eigenvalue weighted by Crippen LogP contribution is -2.32. The van der Waals surface area contributed by atoms with Crippen LogP contribution in [0.1, 0.15) is 18.1 Å². The number of hydrogen-bond acceptors (Lipinski definition) is 4. The number of hydrogen-bond donors (Lipinski definition) is 1. The summed E-state index contributed by atoms with van der Waals surface area (Å²) in [6.07, 6.45) is -3.49. The van der Waals surface area contributed by atoms with E-state index in [0.29, 0.717) is 5.82 Å². The Morgan fingerprint density at radius 3 is 2.68 bits per heavy atom. The molecule has 1 unspecified atom stereocenters. The van der Waals surface area contributed by atoms with E-state index in [0.717, 1.165) is 6.26 Å². The lowest BCUT2D eigenvalue weighted by Gasteiger charge is -2.25. The fourth-order valence-electron chi connectivity index (χ4n) is 1.99. The molecule has 0 spiro atoms. The Morgan fingerprint density at radius 2 is 2.11 bits per heavy atom. The van der Waals surface area contributed by atoms with Crippen LogP contribution < -0.4 is 4.72 Å². The Kier molecular flexibility index (Phi) is 3.56. The number of halogens is 3. The molecule has 2 heterocycles. The van der Waals surface area contributed by atoms with Gasteiger partial charge in [-0.05, 0) is 6.42 Å². The van der Waals surface area contributed by atoms with Crippen LogP contribution in [0.15, 0.2) is 0 Å². The molecule has 0 amide bonds. The van der Waals surface area contributed by atoms with Crippen LogP contribution in [0.2, 0.25) is 0 Å². The predicted molar refractivity (Wildman–Crippen MR) is 59.6 cm³/mol. The van der Waals surface area contributed by atoms with Gasteiger partial charge in [0.1, 0.15) is 11.6 Å². The van der Waals surface area contributed by atoms with Crippen LogP contribution in [-0.2, 0) is 29.5 Å². The van der Waals surface area contributed by atoms with Gasteiger partial charge in [-0.1, -0.05) is 0 Å². The Labute approximate surface area is 108 Å². The van der Waals surface area contributed by atoms with Crippen LogP contribution in [0.5, 0.6) is 0 Å². The van der Waals surface area contributed by atoms with Crippen LogP contribution >= 0.6 is 0 Å². The van der Waals surface area contributed by atoms with Crippen molar-refractivity contribution in [1.82, 2.24) is 19.5 Å². The van der Waals surface area contributed by atoms with E-state index < -0.39 is 22.1 Å². The van der Waals surface area contributed by atoms with Crippen molar-refractivity contribution in [2.45, 2.75) is 32.1 Å². The minimum Gasteiger partial charge on any atom is -0.314 e. The zero-order valence-electron chi connectivity index (χ0n) is 10.1. The third kappa shape index (κ3) is 3.44. The first-order chi connectivity index (χ1) is 8.67. The minimum atomic E-state index is -4.23. The second-order valence-corrected chi connectivity index (χ2v) is 6.34. The predicted octanol–water partition coefficient (Wildman–Crippen LogP) is 0.452. The SMILES string of the molecule is CS(=O)(=O)NCc1nnc2n1CCC(C(F)(F)F)C2. The number of nitrogens with one attached hydrogen (secondary N) is 1. The Bertz CT molecular complexity index is 567. The average molecular weight is 298 g/mol. The van der Waals surface area contributed by atoms with Crippen molar-refractivity contribution in [1.29, 1.82) is 0 Å². The monoisotopic (exact) mass is 298 g/mol. The highest BCUT2D eigenvalue weighted by molar-refractivity contribution is 7.88. The summed E-state index contributed by atoms with van der Waals surface area (Å²) in [7, 11) is -3.37. The van der Waals surface area contributed by atoms with Gasteiger partial charge in [0.15, 0.2) is 0 Å². The summed E-state index contributed by atoms with van der Waals surface area (Å²) in [5.74, 6) is -0.820. The van der Waals surface area contributed by atoms with Crippen molar-refractivity contribution in [3.05, 3.63) is 11.6 Å². The quantitative estimate of drug-likeness (QED) is 0.879. The van der Waals surface area contributed by atoms with E-state index in [1.807, 2.05) is 0 Å². The van der Waals surface area contributed by atoms with Crippen LogP contribution in [0.4, 0.5) is 13.2 Å². The third-order valence-electron chi connectivity index (χ3n) is 2.99. The molecule has 10 heteroatoms. The number of nitrogens with zero attached hydrogens (tertiary/aromatic N) is 3. The molecule has 1 aromatic heterocycles. The van der Waals surface area contributed by atoms with Gasteiger partial charge in [-0.3, -0.25) is 0 Å². The second kappa shape index (κ2) is 4.75. The standard InChI is InChI=1S/C9H13F3N4O2S/c1-19(17,18)13-5-8-15-14-7-4-6(9(10,11)12)2-3-16(7)8/h6,13H,2-5H2,1H3.